The molecule has 0 aliphatic rings. The van der Waals surface area contributed by atoms with Crippen LogP contribution in [0.15, 0.2) is 24.3 Å². The summed E-state index contributed by atoms with van der Waals surface area (Å²) >= 11 is 0. The van der Waals surface area contributed by atoms with Crippen LogP contribution in [0.25, 0.3) is 0 Å². The minimum atomic E-state index is 0.0422. The van der Waals surface area contributed by atoms with Gasteiger partial charge in [0.1, 0.15) is 0 Å². The minimum absolute atomic E-state index is 0.0422. The molecule has 18 heavy (non-hydrogen) atoms. The highest BCUT2D eigenvalue weighted by Crippen LogP contribution is 2.31. The van der Waals surface area contributed by atoms with E-state index in [2.05, 4.69) is 26.8 Å². The highest BCUT2D eigenvalue weighted by molar-refractivity contribution is 5.95. The number of hydrogen-bond donors (Lipinski definition) is 0. The van der Waals surface area contributed by atoms with Crippen LogP contribution in [0.4, 0.5) is 5.69 Å². The van der Waals surface area contributed by atoms with Crippen molar-refractivity contribution in [2.24, 2.45) is 5.92 Å². The molecule has 0 fully saturated rings. The highest BCUT2D eigenvalue weighted by atomic mass is 16.2. The predicted octanol–water partition coefficient (Wildman–Crippen LogP) is 3.99. The summed E-state index contributed by atoms with van der Waals surface area (Å²) in [6, 6.07) is 8.16. The van der Waals surface area contributed by atoms with Crippen molar-refractivity contribution in [3.05, 3.63) is 29.8 Å². The summed E-state index contributed by atoms with van der Waals surface area (Å²) in [5, 5.41) is 0. The lowest BCUT2D eigenvalue weighted by atomic mass is 9.85. The number of hydrogen-bond acceptors (Lipinski definition) is 1. The van der Waals surface area contributed by atoms with Gasteiger partial charge in [-0.3, -0.25) is 4.79 Å². The first-order chi connectivity index (χ1) is 8.29. The number of benzene rings is 1. The van der Waals surface area contributed by atoms with Crippen LogP contribution in [0, 0.1) is 5.92 Å². The number of carbonyl (C=O) groups is 1. The third kappa shape index (κ3) is 3.12. The van der Waals surface area contributed by atoms with Crippen molar-refractivity contribution in [3.8, 4) is 0 Å². The molecule has 0 aromatic heterocycles. The third-order valence-electron chi connectivity index (χ3n) is 3.44. The highest BCUT2D eigenvalue weighted by Gasteiger charge is 2.23. The van der Waals surface area contributed by atoms with E-state index in [0.29, 0.717) is 0 Å². The van der Waals surface area contributed by atoms with Gasteiger partial charge in [-0.15, -0.1) is 0 Å². The van der Waals surface area contributed by atoms with E-state index in [-0.39, 0.29) is 17.2 Å². The maximum Gasteiger partial charge on any atom is 0.229 e. The van der Waals surface area contributed by atoms with Crippen LogP contribution in [0.2, 0.25) is 0 Å². The third-order valence-corrected chi connectivity index (χ3v) is 3.44. The predicted molar refractivity (Wildman–Crippen MR) is 78.0 cm³/mol. The second kappa shape index (κ2) is 5.55. The molecule has 0 bridgehead atoms. The summed E-state index contributed by atoms with van der Waals surface area (Å²) in [5.41, 5.74) is 2.28. The molecule has 0 heterocycles. The first-order valence-corrected chi connectivity index (χ1v) is 6.66. The first kappa shape index (κ1) is 14.7. The van der Waals surface area contributed by atoms with Crippen molar-refractivity contribution >= 4 is 11.6 Å². The smallest absolute Gasteiger partial charge is 0.229 e. The van der Waals surface area contributed by atoms with E-state index < -0.39 is 0 Å². The minimum Gasteiger partial charge on any atom is -0.315 e. The molecule has 2 nitrogen and oxygen atoms in total. The van der Waals surface area contributed by atoms with Gasteiger partial charge < -0.3 is 4.90 Å². The van der Waals surface area contributed by atoms with Gasteiger partial charge in [0.25, 0.3) is 0 Å². The number of rotatable bonds is 3. The molecule has 0 aliphatic heterocycles. The molecule has 1 atom stereocenters. The molecule has 1 unspecified atom stereocenters. The molecule has 0 aliphatic carbocycles. The second-order valence-corrected chi connectivity index (χ2v) is 5.97. The largest absolute Gasteiger partial charge is 0.315 e. The Bertz CT molecular complexity index is 417. The molecule has 0 N–H and O–H groups in total. The van der Waals surface area contributed by atoms with Gasteiger partial charge in [-0.2, -0.15) is 0 Å². The van der Waals surface area contributed by atoms with Crippen LogP contribution in [0.1, 0.15) is 46.6 Å². The number of nitrogens with zero attached hydrogens (tertiary/aromatic N) is 1. The molecular weight excluding hydrogens is 222 g/mol. The molecule has 1 amide bonds. The number of amides is 1. The van der Waals surface area contributed by atoms with E-state index in [1.54, 1.807) is 4.90 Å². The standard InChI is InChI=1S/C16H25NO/c1-7-12(2)15(18)17(6)14-11-9-8-10-13(14)16(3,4)5/h8-12H,7H2,1-6H3. The van der Waals surface area contributed by atoms with Gasteiger partial charge in [0.15, 0.2) is 0 Å². The number of para-hydroxylation sites is 1. The van der Waals surface area contributed by atoms with E-state index in [0.717, 1.165) is 12.1 Å². The molecule has 0 spiro atoms. The van der Waals surface area contributed by atoms with Crippen LogP contribution in [0.3, 0.4) is 0 Å². The summed E-state index contributed by atoms with van der Waals surface area (Å²) < 4.78 is 0. The van der Waals surface area contributed by atoms with Gasteiger partial charge >= 0.3 is 0 Å². The van der Waals surface area contributed by atoms with E-state index in [1.165, 1.54) is 5.56 Å². The van der Waals surface area contributed by atoms with Crippen molar-refractivity contribution in [2.75, 3.05) is 11.9 Å². The maximum absolute atomic E-state index is 12.3. The quantitative estimate of drug-likeness (QED) is 0.790. The fourth-order valence-electron chi connectivity index (χ4n) is 2.02. The molecule has 1 rings (SSSR count). The zero-order valence-corrected chi connectivity index (χ0v) is 12.4. The van der Waals surface area contributed by atoms with Crippen molar-refractivity contribution in [1.29, 1.82) is 0 Å². The van der Waals surface area contributed by atoms with Gasteiger partial charge in [-0.25, -0.2) is 0 Å². The van der Waals surface area contributed by atoms with Crippen LogP contribution in [-0.4, -0.2) is 13.0 Å². The zero-order chi connectivity index (χ0) is 13.9. The summed E-state index contributed by atoms with van der Waals surface area (Å²) in [6.07, 6.45) is 0.876. The van der Waals surface area contributed by atoms with Crippen LogP contribution in [-0.2, 0) is 10.2 Å². The Kier molecular flexibility index (Phi) is 4.55. The topological polar surface area (TPSA) is 20.3 Å². The van der Waals surface area contributed by atoms with E-state index in [4.69, 9.17) is 0 Å². The second-order valence-electron chi connectivity index (χ2n) is 5.97. The molecule has 2 heteroatoms. The Labute approximate surface area is 111 Å². The monoisotopic (exact) mass is 247 g/mol. The number of carbonyl (C=O) groups excluding carboxylic acids is 1. The molecular formula is C16H25NO. The van der Waals surface area contributed by atoms with Gasteiger partial charge in [-0.05, 0) is 23.5 Å². The zero-order valence-electron chi connectivity index (χ0n) is 12.4. The fourth-order valence-corrected chi connectivity index (χ4v) is 2.02. The first-order valence-electron chi connectivity index (χ1n) is 6.66. The molecule has 0 saturated heterocycles. The van der Waals surface area contributed by atoms with Crippen LogP contribution >= 0.6 is 0 Å². The Morgan fingerprint density at radius 2 is 1.83 bits per heavy atom. The lowest BCUT2D eigenvalue weighted by molar-refractivity contribution is -0.121. The van der Waals surface area contributed by atoms with Gasteiger partial charge in [0, 0.05) is 18.7 Å². The molecule has 100 valence electrons. The Hall–Kier alpha value is -1.31. The van der Waals surface area contributed by atoms with Crippen molar-refractivity contribution in [3.63, 3.8) is 0 Å². The van der Waals surface area contributed by atoms with Crippen molar-refractivity contribution < 1.29 is 4.79 Å². The molecule has 0 saturated carbocycles. The lowest BCUT2D eigenvalue weighted by Crippen LogP contribution is -2.33. The Morgan fingerprint density at radius 3 is 2.33 bits per heavy atom. The van der Waals surface area contributed by atoms with E-state index >= 15 is 0 Å². The fraction of sp³-hybridized carbons (Fsp3) is 0.562. The van der Waals surface area contributed by atoms with E-state index in [1.807, 2.05) is 39.1 Å². The molecule has 1 aromatic rings. The molecule has 1 aromatic carbocycles. The summed E-state index contributed by atoms with van der Waals surface area (Å²) in [5.74, 6) is 0.261. The van der Waals surface area contributed by atoms with Crippen molar-refractivity contribution in [1.82, 2.24) is 0 Å². The average molecular weight is 247 g/mol. The Morgan fingerprint density at radius 1 is 1.28 bits per heavy atom. The average Bonchev–Trinajstić information content (AvgIpc) is 2.35. The van der Waals surface area contributed by atoms with Gasteiger partial charge in [0.05, 0.1) is 0 Å². The summed E-state index contributed by atoms with van der Waals surface area (Å²) in [6.45, 7) is 10.6. The molecule has 0 radical (unpaired) electrons. The maximum atomic E-state index is 12.3. The van der Waals surface area contributed by atoms with Gasteiger partial charge in [-0.1, -0.05) is 52.8 Å². The van der Waals surface area contributed by atoms with Gasteiger partial charge in [0.2, 0.25) is 5.91 Å². The Balaban J connectivity index is 3.14. The van der Waals surface area contributed by atoms with Crippen LogP contribution < -0.4 is 4.90 Å². The summed E-state index contributed by atoms with van der Waals surface area (Å²) in [7, 11) is 1.87. The number of anilines is 1. The lowest BCUT2D eigenvalue weighted by Gasteiger charge is -2.29. The van der Waals surface area contributed by atoms with E-state index in [9.17, 15) is 4.79 Å². The van der Waals surface area contributed by atoms with Crippen molar-refractivity contribution in [2.45, 2.75) is 46.5 Å². The summed E-state index contributed by atoms with van der Waals surface area (Å²) in [4.78, 5) is 14.1. The van der Waals surface area contributed by atoms with Crippen LogP contribution in [0.5, 0.6) is 0 Å². The SMILES string of the molecule is CCC(C)C(=O)N(C)c1ccccc1C(C)(C)C. The normalized spacial score (nSPS) is 13.2.